The predicted molar refractivity (Wildman–Crippen MR) is 62.5 cm³/mol. The molecular formula is C12H14ClNO. The molecule has 1 aliphatic rings. The first-order valence-electron chi connectivity index (χ1n) is 5.17. The molecule has 1 aromatic carbocycles. The van der Waals surface area contributed by atoms with Crippen LogP contribution in [0.4, 0.5) is 5.69 Å². The minimum Gasteiger partial charge on any atom is -0.325 e. The van der Waals surface area contributed by atoms with E-state index in [1.807, 2.05) is 13.0 Å². The van der Waals surface area contributed by atoms with Gasteiger partial charge < -0.3 is 5.32 Å². The maximum absolute atomic E-state index is 11.2. The lowest BCUT2D eigenvalue weighted by molar-refractivity contribution is -0.113. The number of hydrogen-bond donors (Lipinski definition) is 1. The summed E-state index contributed by atoms with van der Waals surface area (Å²) < 4.78 is 0. The Hall–Kier alpha value is -1.02. The number of carbonyl (C=O) groups excluding carboxylic acids is 1. The quantitative estimate of drug-likeness (QED) is 0.785. The van der Waals surface area contributed by atoms with Crippen LogP contribution in [-0.2, 0) is 4.79 Å². The van der Waals surface area contributed by atoms with Crippen LogP contribution in [-0.4, -0.2) is 11.8 Å². The zero-order chi connectivity index (χ0) is 10.8. The van der Waals surface area contributed by atoms with E-state index in [0.717, 1.165) is 11.3 Å². The third-order valence-electron chi connectivity index (χ3n) is 2.62. The summed E-state index contributed by atoms with van der Waals surface area (Å²) in [6, 6.07) is 6.21. The van der Waals surface area contributed by atoms with E-state index in [2.05, 4.69) is 17.4 Å². The normalized spacial score (nSPS) is 15.1. The van der Waals surface area contributed by atoms with Gasteiger partial charge in [0.05, 0.1) is 0 Å². The molecule has 1 saturated carbocycles. The van der Waals surface area contributed by atoms with Crippen LogP contribution < -0.4 is 5.32 Å². The second-order valence-electron chi connectivity index (χ2n) is 4.05. The molecule has 1 fully saturated rings. The van der Waals surface area contributed by atoms with Gasteiger partial charge in [0.25, 0.3) is 0 Å². The molecule has 1 aromatic rings. The summed E-state index contributed by atoms with van der Waals surface area (Å²) in [6.45, 7) is 2.02. The Morgan fingerprint density at radius 2 is 2.27 bits per heavy atom. The second-order valence-corrected chi connectivity index (χ2v) is 4.31. The van der Waals surface area contributed by atoms with E-state index in [-0.39, 0.29) is 11.8 Å². The van der Waals surface area contributed by atoms with Crippen molar-refractivity contribution < 1.29 is 4.79 Å². The number of alkyl halides is 1. The summed E-state index contributed by atoms with van der Waals surface area (Å²) in [5, 5.41) is 2.85. The molecule has 0 saturated heterocycles. The van der Waals surface area contributed by atoms with Gasteiger partial charge >= 0.3 is 0 Å². The zero-order valence-corrected chi connectivity index (χ0v) is 9.47. The lowest BCUT2D eigenvalue weighted by Crippen LogP contribution is -2.14. The van der Waals surface area contributed by atoms with Gasteiger partial charge in [-0.15, -0.1) is 11.6 Å². The fourth-order valence-corrected chi connectivity index (χ4v) is 1.78. The molecule has 0 spiro atoms. The van der Waals surface area contributed by atoms with Gasteiger partial charge in [-0.2, -0.15) is 0 Å². The molecule has 2 nitrogen and oxygen atoms in total. The monoisotopic (exact) mass is 223 g/mol. The van der Waals surface area contributed by atoms with Crippen molar-refractivity contribution in [1.29, 1.82) is 0 Å². The molecule has 0 bridgehead atoms. The molecule has 1 amide bonds. The summed E-state index contributed by atoms with van der Waals surface area (Å²) in [6.07, 6.45) is 2.46. The molecule has 0 aliphatic heterocycles. The highest BCUT2D eigenvalue weighted by atomic mass is 35.5. The molecule has 15 heavy (non-hydrogen) atoms. The van der Waals surface area contributed by atoms with Crippen LogP contribution >= 0.6 is 11.6 Å². The molecule has 0 radical (unpaired) electrons. The SMILES string of the molecule is Cc1ccc(C2CC2)c(NC(=O)CCl)c1. The Morgan fingerprint density at radius 3 is 2.87 bits per heavy atom. The maximum atomic E-state index is 11.2. The van der Waals surface area contributed by atoms with Crippen LogP contribution in [0.3, 0.4) is 0 Å². The zero-order valence-electron chi connectivity index (χ0n) is 8.72. The Labute approximate surface area is 94.6 Å². The van der Waals surface area contributed by atoms with Gasteiger partial charge in [0.15, 0.2) is 0 Å². The highest BCUT2D eigenvalue weighted by Crippen LogP contribution is 2.43. The number of rotatable bonds is 3. The standard InChI is InChI=1S/C12H14ClNO/c1-8-2-5-10(9-3-4-9)11(6-8)14-12(15)7-13/h2,5-6,9H,3-4,7H2,1H3,(H,14,15). The van der Waals surface area contributed by atoms with Crippen LogP contribution in [0.5, 0.6) is 0 Å². The highest BCUT2D eigenvalue weighted by molar-refractivity contribution is 6.29. The molecule has 0 unspecified atom stereocenters. The summed E-state index contributed by atoms with van der Waals surface area (Å²) in [7, 11) is 0. The fraction of sp³-hybridized carbons (Fsp3) is 0.417. The molecule has 80 valence electrons. The van der Waals surface area contributed by atoms with Crippen molar-refractivity contribution in [2.24, 2.45) is 0 Å². The fourth-order valence-electron chi connectivity index (χ4n) is 1.71. The molecule has 2 rings (SSSR count). The van der Waals surface area contributed by atoms with Crippen molar-refractivity contribution >= 4 is 23.2 Å². The van der Waals surface area contributed by atoms with E-state index in [0.29, 0.717) is 5.92 Å². The number of aryl methyl sites for hydroxylation is 1. The molecule has 1 N–H and O–H groups in total. The Balaban J connectivity index is 2.25. The van der Waals surface area contributed by atoms with Crippen molar-refractivity contribution in [3.8, 4) is 0 Å². The van der Waals surface area contributed by atoms with Gasteiger partial charge in [-0.25, -0.2) is 0 Å². The smallest absolute Gasteiger partial charge is 0.239 e. The van der Waals surface area contributed by atoms with Crippen molar-refractivity contribution in [1.82, 2.24) is 0 Å². The third kappa shape index (κ3) is 2.51. The van der Waals surface area contributed by atoms with E-state index < -0.39 is 0 Å². The van der Waals surface area contributed by atoms with Crippen LogP contribution in [0.25, 0.3) is 0 Å². The Bertz CT molecular complexity index is 385. The summed E-state index contributed by atoms with van der Waals surface area (Å²) in [5.41, 5.74) is 3.34. The number of halogens is 1. The summed E-state index contributed by atoms with van der Waals surface area (Å²) in [5.74, 6) is 0.512. The van der Waals surface area contributed by atoms with Crippen LogP contribution in [0.15, 0.2) is 18.2 Å². The summed E-state index contributed by atoms with van der Waals surface area (Å²) in [4.78, 5) is 11.2. The predicted octanol–water partition coefficient (Wildman–Crippen LogP) is 3.05. The van der Waals surface area contributed by atoms with Crippen molar-refractivity contribution in [3.63, 3.8) is 0 Å². The average molecular weight is 224 g/mol. The number of amides is 1. The number of benzene rings is 1. The molecule has 0 heterocycles. The number of anilines is 1. The number of hydrogen-bond acceptors (Lipinski definition) is 1. The third-order valence-corrected chi connectivity index (χ3v) is 2.86. The van der Waals surface area contributed by atoms with Gasteiger partial charge in [0.2, 0.25) is 5.91 Å². The van der Waals surface area contributed by atoms with Crippen LogP contribution in [0, 0.1) is 6.92 Å². The lowest BCUT2D eigenvalue weighted by Gasteiger charge is -2.10. The molecule has 0 atom stereocenters. The van der Waals surface area contributed by atoms with E-state index in [9.17, 15) is 4.79 Å². The van der Waals surface area contributed by atoms with E-state index in [4.69, 9.17) is 11.6 Å². The number of carbonyl (C=O) groups is 1. The first kappa shape index (κ1) is 10.5. The first-order valence-corrected chi connectivity index (χ1v) is 5.70. The number of nitrogens with one attached hydrogen (secondary N) is 1. The average Bonchev–Trinajstić information content (AvgIpc) is 3.01. The van der Waals surface area contributed by atoms with Gasteiger partial charge in [-0.3, -0.25) is 4.79 Å². The minimum atomic E-state index is -0.135. The topological polar surface area (TPSA) is 29.1 Å². The van der Waals surface area contributed by atoms with E-state index in [1.54, 1.807) is 0 Å². The Kier molecular flexibility index (Phi) is 2.96. The van der Waals surface area contributed by atoms with Crippen LogP contribution in [0.1, 0.15) is 29.9 Å². The Morgan fingerprint density at radius 1 is 1.53 bits per heavy atom. The lowest BCUT2D eigenvalue weighted by atomic mass is 10.1. The van der Waals surface area contributed by atoms with Gasteiger partial charge in [0, 0.05) is 5.69 Å². The summed E-state index contributed by atoms with van der Waals surface area (Å²) >= 11 is 5.48. The molecule has 3 heteroatoms. The highest BCUT2D eigenvalue weighted by Gasteiger charge is 2.26. The van der Waals surface area contributed by atoms with E-state index in [1.165, 1.54) is 18.4 Å². The van der Waals surface area contributed by atoms with Crippen molar-refractivity contribution in [2.75, 3.05) is 11.2 Å². The van der Waals surface area contributed by atoms with E-state index >= 15 is 0 Å². The first-order chi connectivity index (χ1) is 7.20. The van der Waals surface area contributed by atoms with Crippen LogP contribution in [0.2, 0.25) is 0 Å². The maximum Gasteiger partial charge on any atom is 0.239 e. The van der Waals surface area contributed by atoms with Gasteiger partial charge in [-0.1, -0.05) is 12.1 Å². The second kappa shape index (κ2) is 4.23. The molecular weight excluding hydrogens is 210 g/mol. The minimum absolute atomic E-state index is 0.0120. The van der Waals surface area contributed by atoms with Gasteiger partial charge in [-0.05, 0) is 42.9 Å². The largest absolute Gasteiger partial charge is 0.325 e. The molecule has 1 aliphatic carbocycles. The van der Waals surface area contributed by atoms with Crippen molar-refractivity contribution in [2.45, 2.75) is 25.7 Å². The molecule has 0 aromatic heterocycles. The van der Waals surface area contributed by atoms with Gasteiger partial charge in [0.1, 0.15) is 5.88 Å². The van der Waals surface area contributed by atoms with Crippen molar-refractivity contribution in [3.05, 3.63) is 29.3 Å².